The highest BCUT2D eigenvalue weighted by Gasteiger charge is 2.38. The molecule has 2 nitrogen and oxygen atoms in total. The summed E-state index contributed by atoms with van der Waals surface area (Å²) in [4.78, 5) is 12.2. The van der Waals surface area contributed by atoms with Crippen LogP contribution in [0.15, 0.2) is 36.1 Å². The van der Waals surface area contributed by atoms with Crippen LogP contribution in [0.4, 0.5) is 13.2 Å². The number of carbonyl (C=O) groups is 1. The van der Waals surface area contributed by atoms with Crippen LogP contribution in [0.1, 0.15) is 76.8 Å². The van der Waals surface area contributed by atoms with Crippen LogP contribution in [0, 0.1) is 5.92 Å². The molecule has 0 N–H and O–H groups in total. The van der Waals surface area contributed by atoms with Gasteiger partial charge < -0.3 is 4.74 Å². The van der Waals surface area contributed by atoms with Gasteiger partial charge in [0.15, 0.2) is 0 Å². The molecular formula is C22H31F3O2. The van der Waals surface area contributed by atoms with E-state index in [0.717, 1.165) is 37.3 Å². The number of halogens is 3. The van der Waals surface area contributed by atoms with Crippen LogP contribution >= 0.6 is 0 Å². The molecule has 0 fully saturated rings. The number of allylic oxidation sites excluding steroid dienone is 2. The molecule has 0 aliphatic rings. The lowest BCUT2D eigenvalue weighted by atomic mass is 9.97. The van der Waals surface area contributed by atoms with Crippen molar-refractivity contribution in [2.75, 3.05) is 0 Å². The van der Waals surface area contributed by atoms with Gasteiger partial charge in [0.05, 0.1) is 5.92 Å². The van der Waals surface area contributed by atoms with Crippen LogP contribution in [-0.2, 0) is 16.0 Å². The van der Waals surface area contributed by atoms with Crippen molar-refractivity contribution >= 4 is 5.97 Å². The van der Waals surface area contributed by atoms with Gasteiger partial charge in [-0.2, -0.15) is 13.2 Å². The normalized spacial score (nSPS) is 13.7. The van der Waals surface area contributed by atoms with Crippen molar-refractivity contribution in [3.05, 3.63) is 47.2 Å². The molecule has 0 aliphatic carbocycles. The molecule has 0 amide bonds. The monoisotopic (exact) mass is 384 g/mol. The molecule has 27 heavy (non-hydrogen) atoms. The first kappa shape index (κ1) is 23.3. The highest BCUT2D eigenvalue weighted by molar-refractivity contribution is 5.78. The molecule has 0 saturated heterocycles. The predicted molar refractivity (Wildman–Crippen MR) is 102 cm³/mol. The van der Waals surface area contributed by atoms with Crippen molar-refractivity contribution in [1.82, 2.24) is 0 Å². The smallest absolute Gasteiger partial charge is 0.421 e. The van der Waals surface area contributed by atoms with Gasteiger partial charge in [0.25, 0.3) is 0 Å². The third-order valence-electron chi connectivity index (χ3n) is 4.35. The first-order chi connectivity index (χ1) is 12.6. The van der Waals surface area contributed by atoms with Gasteiger partial charge >= 0.3 is 12.1 Å². The fraction of sp³-hybridized carbons (Fsp3) is 0.591. The minimum absolute atomic E-state index is 0.250. The van der Waals surface area contributed by atoms with Crippen LogP contribution in [0.5, 0.6) is 0 Å². The number of rotatable bonds is 10. The number of ether oxygens (including phenoxy) is 1. The van der Waals surface area contributed by atoms with Gasteiger partial charge in [-0.3, -0.25) is 4.79 Å². The SMILES string of the molecule is CCCCCC/C=C(/OC(=O)C(C)c1ccc(CC(C)C)cc1)C(F)(F)F. The lowest BCUT2D eigenvalue weighted by Crippen LogP contribution is -2.21. The third-order valence-corrected chi connectivity index (χ3v) is 4.35. The summed E-state index contributed by atoms with van der Waals surface area (Å²) in [6.07, 6.45) is 1.01. The maximum atomic E-state index is 13.2. The Morgan fingerprint density at radius 3 is 2.22 bits per heavy atom. The summed E-state index contributed by atoms with van der Waals surface area (Å²) in [6, 6.07) is 7.39. The van der Waals surface area contributed by atoms with Gasteiger partial charge in [-0.25, -0.2) is 0 Å². The highest BCUT2D eigenvalue weighted by Crippen LogP contribution is 2.29. The predicted octanol–water partition coefficient (Wildman–Crippen LogP) is 6.95. The van der Waals surface area contributed by atoms with Crippen LogP contribution in [0.25, 0.3) is 0 Å². The fourth-order valence-electron chi connectivity index (χ4n) is 2.77. The molecule has 0 aromatic heterocycles. The Morgan fingerprint density at radius 1 is 1.07 bits per heavy atom. The zero-order chi connectivity index (χ0) is 20.4. The minimum Gasteiger partial charge on any atom is -0.421 e. The molecule has 0 radical (unpaired) electrons. The molecule has 0 saturated carbocycles. The number of esters is 1. The molecule has 1 rings (SSSR count). The number of unbranched alkanes of at least 4 members (excludes halogenated alkanes) is 4. The van der Waals surface area contributed by atoms with E-state index in [1.54, 1.807) is 19.1 Å². The standard InChI is InChI=1S/C22H31F3O2/c1-5-6-7-8-9-10-20(22(23,24)25)27-21(26)17(4)19-13-11-18(12-14-19)15-16(2)3/h10-14,16-17H,5-9,15H2,1-4H3/b20-10+. The van der Waals surface area contributed by atoms with Gasteiger partial charge in [-0.15, -0.1) is 0 Å². The largest absolute Gasteiger partial charge is 0.449 e. The zero-order valence-corrected chi connectivity index (χ0v) is 16.7. The number of hydrogen-bond donors (Lipinski definition) is 0. The maximum Gasteiger partial charge on any atom is 0.449 e. The van der Waals surface area contributed by atoms with E-state index in [1.807, 2.05) is 19.1 Å². The Balaban J connectivity index is 2.74. The van der Waals surface area contributed by atoms with E-state index in [9.17, 15) is 18.0 Å². The molecule has 0 heterocycles. The molecule has 0 bridgehead atoms. The van der Waals surface area contributed by atoms with Gasteiger partial charge in [0, 0.05) is 0 Å². The third kappa shape index (κ3) is 8.63. The molecule has 0 spiro atoms. The van der Waals surface area contributed by atoms with E-state index in [4.69, 9.17) is 4.74 Å². The minimum atomic E-state index is -4.67. The van der Waals surface area contributed by atoms with Crippen LogP contribution in [-0.4, -0.2) is 12.1 Å². The molecule has 0 aliphatic heterocycles. The average molecular weight is 384 g/mol. The van der Waals surface area contributed by atoms with E-state index in [1.165, 1.54) is 0 Å². The van der Waals surface area contributed by atoms with Crippen LogP contribution < -0.4 is 0 Å². The summed E-state index contributed by atoms with van der Waals surface area (Å²) in [6.45, 7) is 7.83. The summed E-state index contributed by atoms with van der Waals surface area (Å²) in [5, 5.41) is 0. The highest BCUT2D eigenvalue weighted by atomic mass is 19.4. The van der Waals surface area contributed by atoms with Gasteiger partial charge in [0.2, 0.25) is 5.76 Å². The van der Waals surface area contributed by atoms with E-state index < -0.39 is 23.8 Å². The topological polar surface area (TPSA) is 26.3 Å². The summed E-state index contributed by atoms with van der Waals surface area (Å²) in [5.74, 6) is -2.34. The number of alkyl halides is 3. The second-order valence-corrected chi connectivity index (χ2v) is 7.40. The Hall–Kier alpha value is -1.78. The van der Waals surface area contributed by atoms with Crippen LogP contribution in [0.2, 0.25) is 0 Å². The summed E-state index contributed by atoms with van der Waals surface area (Å²) < 4.78 is 44.2. The Morgan fingerprint density at radius 2 is 1.70 bits per heavy atom. The van der Waals surface area contributed by atoms with Gasteiger partial charge in [-0.1, -0.05) is 64.3 Å². The number of carbonyl (C=O) groups excluding carboxylic acids is 1. The summed E-state index contributed by atoms with van der Waals surface area (Å²) in [7, 11) is 0. The Bertz CT molecular complexity index is 601. The molecule has 5 heteroatoms. The molecular weight excluding hydrogens is 353 g/mol. The van der Waals surface area contributed by atoms with Crippen LogP contribution in [0.3, 0.4) is 0 Å². The molecule has 152 valence electrons. The van der Waals surface area contributed by atoms with Gasteiger partial charge in [0.1, 0.15) is 0 Å². The second kappa shape index (κ2) is 11.2. The lowest BCUT2D eigenvalue weighted by molar-refractivity contribution is -0.161. The lowest BCUT2D eigenvalue weighted by Gasteiger charge is -2.16. The first-order valence-corrected chi connectivity index (χ1v) is 9.73. The van der Waals surface area contributed by atoms with Crippen molar-refractivity contribution in [2.24, 2.45) is 5.92 Å². The molecule has 1 aromatic carbocycles. The molecule has 1 unspecified atom stereocenters. The fourth-order valence-corrected chi connectivity index (χ4v) is 2.77. The Kier molecular flexibility index (Phi) is 9.61. The molecule has 1 aromatic rings. The van der Waals surface area contributed by atoms with Crippen molar-refractivity contribution in [2.45, 2.75) is 78.3 Å². The van der Waals surface area contributed by atoms with E-state index in [-0.39, 0.29) is 6.42 Å². The van der Waals surface area contributed by atoms with Gasteiger partial charge in [-0.05, 0) is 49.3 Å². The van der Waals surface area contributed by atoms with Crippen molar-refractivity contribution in [1.29, 1.82) is 0 Å². The van der Waals surface area contributed by atoms with E-state index >= 15 is 0 Å². The summed E-state index contributed by atoms with van der Waals surface area (Å²) >= 11 is 0. The van der Waals surface area contributed by atoms with E-state index in [0.29, 0.717) is 17.9 Å². The van der Waals surface area contributed by atoms with E-state index in [2.05, 4.69) is 13.8 Å². The quantitative estimate of drug-likeness (QED) is 0.248. The average Bonchev–Trinajstić information content (AvgIpc) is 2.59. The first-order valence-electron chi connectivity index (χ1n) is 9.73. The second-order valence-electron chi connectivity index (χ2n) is 7.40. The van der Waals surface area contributed by atoms with Crippen molar-refractivity contribution in [3.63, 3.8) is 0 Å². The number of hydrogen-bond acceptors (Lipinski definition) is 2. The maximum absolute atomic E-state index is 13.2. The Labute approximate surface area is 160 Å². The zero-order valence-electron chi connectivity index (χ0n) is 16.7. The summed E-state index contributed by atoms with van der Waals surface area (Å²) in [5.41, 5.74) is 1.79. The molecule has 1 atom stereocenters. The number of benzene rings is 1. The van der Waals surface area contributed by atoms with Crippen molar-refractivity contribution < 1.29 is 22.7 Å². The van der Waals surface area contributed by atoms with Crippen molar-refractivity contribution in [3.8, 4) is 0 Å².